The van der Waals surface area contributed by atoms with E-state index in [1.165, 1.54) is 11.3 Å². The van der Waals surface area contributed by atoms with Gasteiger partial charge in [-0.15, -0.1) is 0 Å². The molecule has 2 rings (SSSR count). The number of nitrogens with two attached hydrogens (primary N) is 1. The van der Waals surface area contributed by atoms with Gasteiger partial charge in [-0.25, -0.2) is 0 Å². The Hall–Kier alpha value is -1.03. The van der Waals surface area contributed by atoms with Gasteiger partial charge in [-0.3, -0.25) is 4.79 Å². The van der Waals surface area contributed by atoms with E-state index in [9.17, 15) is 4.79 Å². The molecule has 0 spiro atoms. The predicted octanol–water partition coefficient (Wildman–Crippen LogP) is 2.07. The second kappa shape index (κ2) is 4.45. The SMILES string of the molecule is Cc1cc(N2CCC(C(N)=O)C2)ccc1Br. The van der Waals surface area contributed by atoms with Crippen molar-refractivity contribution in [2.45, 2.75) is 13.3 Å². The Morgan fingerprint density at radius 1 is 1.56 bits per heavy atom. The zero-order valence-electron chi connectivity index (χ0n) is 9.24. The van der Waals surface area contributed by atoms with E-state index in [0.717, 1.165) is 24.0 Å². The fourth-order valence-corrected chi connectivity index (χ4v) is 2.30. The summed E-state index contributed by atoms with van der Waals surface area (Å²) in [5.74, 6) is -0.180. The molecule has 16 heavy (non-hydrogen) atoms. The summed E-state index contributed by atoms with van der Waals surface area (Å²) in [6, 6.07) is 6.25. The van der Waals surface area contributed by atoms with Crippen molar-refractivity contribution in [1.29, 1.82) is 0 Å². The highest BCUT2D eigenvalue weighted by molar-refractivity contribution is 9.10. The lowest BCUT2D eigenvalue weighted by atomic mass is 10.1. The Bertz CT molecular complexity index is 419. The molecule has 2 N–H and O–H groups in total. The summed E-state index contributed by atoms with van der Waals surface area (Å²) < 4.78 is 1.11. The summed E-state index contributed by atoms with van der Waals surface area (Å²) in [5, 5.41) is 0. The Labute approximate surface area is 104 Å². The molecule has 1 unspecified atom stereocenters. The number of primary amides is 1. The van der Waals surface area contributed by atoms with Gasteiger partial charge in [0.2, 0.25) is 5.91 Å². The van der Waals surface area contributed by atoms with Gasteiger partial charge < -0.3 is 10.6 Å². The number of anilines is 1. The largest absolute Gasteiger partial charge is 0.371 e. The highest BCUT2D eigenvalue weighted by Gasteiger charge is 2.26. The summed E-state index contributed by atoms with van der Waals surface area (Å²) in [6.45, 7) is 3.72. The molecular weight excluding hydrogens is 268 g/mol. The van der Waals surface area contributed by atoms with Crippen LogP contribution in [0.4, 0.5) is 5.69 Å². The zero-order valence-corrected chi connectivity index (χ0v) is 10.8. The number of aryl methyl sites for hydroxylation is 1. The van der Waals surface area contributed by atoms with Crippen LogP contribution in [0.2, 0.25) is 0 Å². The first-order valence-electron chi connectivity index (χ1n) is 5.38. The molecule has 3 nitrogen and oxygen atoms in total. The van der Waals surface area contributed by atoms with E-state index in [0.29, 0.717) is 0 Å². The van der Waals surface area contributed by atoms with Gasteiger partial charge in [0.15, 0.2) is 0 Å². The van der Waals surface area contributed by atoms with E-state index >= 15 is 0 Å². The third-order valence-corrected chi connectivity index (χ3v) is 3.99. The van der Waals surface area contributed by atoms with Gasteiger partial charge in [-0.2, -0.15) is 0 Å². The molecule has 1 fully saturated rings. The molecule has 1 aromatic carbocycles. The van der Waals surface area contributed by atoms with Crippen molar-refractivity contribution in [2.75, 3.05) is 18.0 Å². The smallest absolute Gasteiger partial charge is 0.222 e. The van der Waals surface area contributed by atoms with E-state index in [2.05, 4.69) is 39.9 Å². The lowest BCUT2D eigenvalue weighted by Crippen LogP contribution is -2.27. The molecule has 4 heteroatoms. The van der Waals surface area contributed by atoms with Crippen LogP contribution < -0.4 is 10.6 Å². The van der Waals surface area contributed by atoms with E-state index < -0.39 is 0 Å². The van der Waals surface area contributed by atoms with Gasteiger partial charge >= 0.3 is 0 Å². The highest BCUT2D eigenvalue weighted by atomic mass is 79.9. The van der Waals surface area contributed by atoms with Gasteiger partial charge in [0.05, 0.1) is 5.92 Å². The van der Waals surface area contributed by atoms with Crippen molar-refractivity contribution in [1.82, 2.24) is 0 Å². The molecule has 0 aliphatic carbocycles. The minimum atomic E-state index is -0.184. The molecule has 0 bridgehead atoms. The lowest BCUT2D eigenvalue weighted by molar-refractivity contribution is -0.121. The number of carbonyl (C=O) groups is 1. The summed E-state index contributed by atoms with van der Waals surface area (Å²) in [4.78, 5) is 13.3. The quantitative estimate of drug-likeness (QED) is 0.903. The van der Waals surface area contributed by atoms with E-state index in [-0.39, 0.29) is 11.8 Å². The summed E-state index contributed by atoms with van der Waals surface area (Å²) in [6.07, 6.45) is 0.866. The van der Waals surface area contributed by atoms with Crippen LogP contribution in [0, 0.1) is 12.8 Å². The number of rotatable bonds is 2. The topological polar surface area (TPSA) is 46.3 Å². The van der Waals surface area contributed by atoms with Crippen LogP contribution in [-0.4, -0.2) is 19.0 Å². The van der Waals surface area contributed by atoms with Crippen LogP contribution in [0.5, 0.6) is 0 Å². The maximum absolute atomic E-state index is 11.1. The minimum Gasteiger partial charge on any atom is -0.371 e. The maximum Gasteiger partial charge on any atom is 0.222 e. The van der Waals surface area contributed by atoms with Gasteiger partial charge in [-0.1, -0.05) is 15.9 Å². The molecule has 1 atom stereocenters. The monoisotopic (exact) mass is 282 g/mol. The van der Waals surface area contributed by atoms with Crippen molar-refractivity contribution < 1.29 is 4.79 Å². The van der Waals surface area contributed by atoms with Crippen LogP contribution in [0.3, 0.4) is 0 Å². The number of hydrogen-bond acceptors (Lipinski definition) is 2. The normalized spacial score (nSPS) is 20.1. The molecule has 0 aromatic heterocycles. The predicted molar refractivity (Wildman–Crippen MR) is 68.4 cm³/mol. The van der Waals surface area contributed by atoms with E-state index in [4.69, 9.17) is 5.73 Å². The summed E-state index contributed by atoms with van der Waals surface area (Å²) >= 11 is 3.48. The van der Waals surface area contributed by atoms with Crippen LogP contribution in [0.1, 0.15) is 12.0 Å². The molecule has 1 amide bonds. The second-order valence-corrected chi connectivity index (χ2v) is 5.12. The van der Waals surface area contributed by atoms with E-state index in [1.807, 2.05) is 6.07 Å². The van der Waals surface area contributed by atoms with Crippen LogP contribution in [-0.2, 0) is 4.79 Å². The first kappa shape index (κ1) is 11.5. The number of halogens is 1. The molecule has 1 aliphatic rings. The Morgan fingerprint density at radius 2 is 2.31 bits per heavy atom. The van der Waals surface area contributed by atoms with Crippen LogP contribution >= 0.6 is 15.9 Å². The van der Waals surface area contributed by atoms with Gasteiger partial charge in [-0.05, 0) is 37.1 Å². The van der Waals surface area contributed by atoms with Crippen molar-refractivity contribution in [3.05, 3.63) is 28.2 Å². The molecule has 1 aromatic rings. The lowest BCUT2D eigenvalue weighted by Gasteiger charge is -2.19. The standard InChI is InChI=1S/C12H15BrN2O/c1-8-6-10(2-3-11(8)13)15-5-4-9(7-15)12(14)16/h2-3,6,9H,4-5,7H2,1H3,(H2,14,16). The third-order valence-electron chi connectivity index (χ3n) is 3.10. The maximum atomic E-state index is 11.1. The number of hydrogen-bond donors (Lipinski definition) is 1. The molecular formula is C12H15BrN2O. The average molecular weight is 283 g/mol. The molecule has 86 valence electrons. The van der Waals surface area contributed by atoms with Crippen molar-refractivity contribution >= 4 is 27.5 Å². The first-order chi connectivity index (χ1) is 7.58. The van der Waals surface area contributed by atoms with Crippen molar-refractivity contribution in [3.8, 4) is 0 Å². The zero-order chi connectivity index (χ0) is 11.7. The van der Waals surface area contributed by atoms with Gasteiger partial charge in [0.25, 0.3) is 0 Å². The molecule has 0 radical (unpaired) electrons. The number of amides is 1. The fourth-order valence-electron chi connectivity index (χ4n) is 2.05. The number of benzene rings is 1. The average Bonchev–Trinajstić information content (AvgIpc) is 2.71. The third kappa shape index (κ3) is 2.21. The second-order valence-electron chi connectivity index (χ2n) is 4.27. The molecule has 1 saturated heterocycles. The Kier molecular flexibility index (Phi) is 3.19. The molecule has 0 saturated carbocycles. The van der Waals surface area contributed by atoms with Crippen molar-refractivity contribution in [3.63, 3.8) is 0 Å². The van der Waals surface area contributed by atoms with Crippen LogP contribution in [0.15, 0.2) is 22.7 Å². The molecule has 1 aliphatic heterocycles. The number of carbonyl (C=O) groups excluding carboxylic acids is 1. The van der Waals surface area contributed by atoms with Gasteiger partial charge in [0, 0.05) is 23.2 Å². The summed E-state index contributed by atoms with van der Waals surface area (Å²) in [5.41, 5.74) is 7.70. The minimum absolute atomic E-state index is 0.00366. The Balaban J connectivity index is 2.14. The first-order valence-corrected chi connectivity index (χ1v) is 6.17. The van der Waals surface area contributed by atoms with Gasteiger partial charge in [0.1, 0.15) is 0 Å². The van der Waals surface area contributed by atoms with Crippen molar-refractivity contribution in [2.24, 2.45) is 11.7 Å². The van der Waals surface area contributed by atoms with Crippen LogP contribution in [0.25, 0.3) is 0 Å². The Morgan fingerprint density at radius 3 is 2.88 bits per heavy atom. The van der Waals surface area contributed by atoms with E-state index in [1.54, 1.807) is 0 Å². The fraction of sp³-hybridized carbons (Fsp3) is 0.417. The molecule has 1 heterocycles. The summed E-state index contributed by atoms with van der Waals surface area (Å²) in [7, 11) is 0. The highest BCUT2D eigenvalue weighted by Crippen LogP contribution is 2.27. The number of nitrogens with zero attached hydrogens (tertiary/aromatic N) is 1.